The summed E-state index contributed by atoms with van der Waals surface area (Å²) in [7, 11) is 0. The van der Waals surface area contributed by atoms with Crippen molar-refractivity contribution in [2.45, 2.75) is 18.7 Å². The number of alkyl halides is 1. The van der Waals surface area contributed by atoms with Crippen LogP contribution in [0.3, 0.4) is 0 Å². The maximum absolute atomic E-state index is 5.79. The maximum atomic E-state index is 5.79. The Labute approximate surface area is 65.2 Å². The molecule has 50 valence electrons. The molecular weight excluding hydrogens is 155 g/mol. The number of allylic oxidation sites excluding steroid dienone is 4. The summed E-state index contributed by atoms with van der Waals surface area (Å²) in [5.74, 6) is 0. The quantitative estimate of drug-likeness (QED) is 0.481. The van der Waals surface area contributed by atoms with Crippen molar-refractivity contribution in [1.82, 2.24) is 0 Å². The minimum atomic E-state index is 0.00960. The molecule has 0 saturated heterocycles. The molecule has 0 amide bonds. The molecule has 0 aliphatic heterocycles. The molecule has 0 N–H and O–H groups in total. The predicted molar refractivity (Wildman–Crippen MR) is 42.0 cm³/mol. The molecule has 1 rings (SSSR count). The monoisotopic (exact) mass is 162 g/mol. The standard InChI is InChI=1S/C7H8Cl2/c1-5-2-3-6(8)7(9)4-5/h2,4,6H,3H2,1H3/t6-/m0/s1. The third kappa shape index (κ3) is 1.74. The van der Waals surface area contributed by atoms with Crippen LogP contribution < -0.4 is 0 Å². The molecule has 0 bridgehead atoms. The van der Waals surface area contributed by atoms with Crippen LogP contribution in [0, 0.1) is 0 Å². The minimum absolute atomic E-state index is 0.00960. The molecule has 0 nitrogen and oxygen atoms in total. The average molecular weight is 163 g/mol. The van der Waals surface area contributed by atoms with Crippen LogP contribution in [-0.4, -0.2) is 5.38 Å². The van der Waals surface area contributed by atoms with Gasteiger partial charge in [0.05, 0.1) is 5.38 Å². The van der Waals surface area contributed by atoms with Gasteiger partial charge in [0.25, 0.3) is 0 Å². The van der Waals surface area contributed by atoms with Gasteiger partial charge in [-0.15, -0.1) is 11.6 Å². The molecule has 1 aliphatic carbocycles. The van der Waals surface area contributed by atoms with E-state index in [0.717, 1.165) is 11.5 Å². The van der Waals surface area contributed by atoms with Crippen LogP contribution in [0.4, 0.5) is 0 Å². The van der Waals surface area contributed by atoms with E-state index in [9.17, 15) is 0 Å². The van der Waals surface area contributed by atoms with E-state index in [1.807, 2.05) is 13.0 Å². The predicted octanol–water partition coefficient (Wildman–Crippen LogP) is 3.07. The van der Waals surface area contributed by atoms with Crippen molar-refractivity contribution >= 4 is 23.2 Å². The van der Waals surface area contributed by atoms with E-state index in [2.05, 4.69) is 6.08 Å². The van der Waals surface area contributed by atoms with Gasteiger partial charge in [0, 0.05) is 5.03 Å². The van der Waals surface area contributed by atoms with Crippen molar-refractivity contribution in [3.8, 4) is 0 Å². The first-order chi connectivity index (χ1) is 4.20. The average Bonchev–Trinajstić information content (AvgIpc) is 1.80. The van der Waals surface area contributed by atoms with Crippen molar-refractivity contribution in [3.05, 3.63) is 22.8 Å². The molecule has 1 atom stereocenters. The highest BCUT2D eigenvalue weighted by Crippen LogP contribution is 2.24. The van der Waals surface area contributed by atoms with Crippen molar-refractivity contribution in [2.24, 2.45) is 0 Å². The Morgan fingerprint density at radius 2 is 2.33 bits per heavy atom. The first-order valence-corrected chi connectivity index (χ1v) is 3.69. The van der Waals surface area contributed by atoms with Gasteiger partial charge in [0.15, 0.2) is 0 Å². The third-order valence-electron chi connectivity index (χ3n) is 1.31. The van der Waals surface area contributed by atoms with Crippen molar-refractivity contribution in [2.75, 3.05) is 0 Å². The molecule has 0 unspecified atom stereocenters. The topological polar surface area (TPSA) is 0 Å². The van der Waals surface area contributed by atoms with E-state index in [1.165, 1.54) is 5.57 Å². The lowest BCUT2D eigenvalue weighted by atomic mass is 10.1. The Bertz CT molecular complexity index is 168. The fraction of sp³-hybridized carbons (Fsp3) is 0.429. The molecule has 0 aromatic rings. The summed E-state index contributed by atoms with van der Waals surface area (Å²) >= 11 is 11.5. The third-order valence-corrected chi connectivity index (χ3v) is 2.21. The molecule has 0 saturated carbocycles. The molecule has 1 aliphatic rings. The van der Waals surface area contributed by atoms with Gasteiger partial charge in [-0.3, -0.25) is 0 Å². The van der Waals surface area contributed by atoms with Crippen LogP contribution in [0.25, 0.3) is 0 Å². The van der Waals surface area contributed by atoms with Gasteiger partial charge in [0.1, 0.15) is 0 Å². The van der Waals surface area contributed by atoms with Crippen molar-refractivity contribution < 1.29 is 0 Å². The Morgan fingerprint density at radius 1 is 1.67 bits per heavy atom. The second kappa shape index (κ2) is 2.76. The Kier molecular flexibility index (Phi) is 2.20. The largest absolute Gasteiger partial charge is 0.117 e. The van der Waals surface area contributed by atoms with E-state index < -0.39 is 0 Å². The lowest BCUT2D eigenvalue weighted by Gasteiger charge is -2.10. The van der Waals surface area contributed by atoms with Gasteiger partial charge in [0.2, 0.25) is 0 Å². The summed E-state index contributed by atoms with van der Waals surface area (Å²) in [6, 6.07) is 0. The number of rotatable bonds is 0. The first kappa shape index (κ1) is 7.17. The second-order valence-corrected chi connectivity index (χ2v) is 3.14. The smallest absolute Gasteiger partial charge is 0.0726 e. The van der Waals surface area contributed by atoms with Crippen LogP contribution in [0.1, 0.15) is 13.3 Å². The Balaban J connectivity index is 2.74. The molecule has 0 fully saturated rings. The van der Waals surface area contributed by atoms with Crippen LogP contribution in [0.2, 0.25) is 0 Å². The molecule has 0 aromatic carbocycles. The molecule has 9 heavy (non-hydrogen) atoms. The zero-order chi connectivity index (χ0) is 6.85. The molecule has 0 spiro atoms. The van der Waals surface area contributed by atoms with Crippen LogP contribution in [0.15, 0.2) is 22.8 Å². The normalized spacial score (nSPS) is 27.2. The van der Waals surface area contributed by atoms with E-state index in [0.29, 0.717) is 0 Å². The van der Waals surface area contributed by atoms with Crippen molar-refractivity contribution in [1.29, 1.82) is 0 Å². The molecule has 0 radical (unpaired) electrons. The lowest BCUT2D eigenvalue weighted by molar-refractivity contribution is 1.01. The van der Waals surface area contributed by atoms with Gasteiger partial charge in [-0.25, -0.2) is 0 Å². The zero-order valence-corrected chi connectivity index (χ0v) is 6.71. The summed E-state index contributed by atoms with van der Waals surface area (Å²) in [4.78, 5) is 0. The zero-order valence-electron chi connectivity index (χ0n) is 5.20. The molecule has 2 heteroatoms. The van der Waals surface area contributed by atoms with Gasteiger partial charge >= 0.3 is 0 Å². The number of hydrogen-bond acceptors (Lipinski definition) is 0. The van der Waals surface area contributed by atoms with Crippen LogP contribution >= 0.6 is 23.2 Å². The van der Waals surface area contributed by atoms with Crippen LogP contribution in [0.5, 0.6) is 0 Å². The highest BCUT2D eigenvalue weighted by molar-refractivity contribution is 6.37. The van der Waals surface area contributed by atoms with Crippen molar-refractivity contribution in [3.63, 3.8) is 0 Å². The van der Waals surface area contributed by atoms with E-state index in [1.54, 1.807) is 0 Å². The summed E-state index contributed by atoms with van der Waals surface area (Å²) in [5.41, 5.74) is 1.21. The van der Waals surface area contributed by atoms with Gasteiger partial charge in [-0.1, -0.05) is 23.3 Å². The summed E-state index contributed by atoms with van der Waals surface area (Å²) in [6.07, 6.45) is 4.86. The van der Waals surface area contributed by atoms with E-state index >= 15 is 0 Å². The molecule has 0 heterocycles. The summed E-state index contributed by atoms with van der Waals surface area (Å²) in [6.45, 7) is 2.02. The SMILES string of the molecule is CC1=CC[C@H](Cl)C(Cl)=C1. The lowest BCUT2D eigenvalue weighted by Crippen LogP contribution is -2.00. The summed E-state index contributed by atoms with van der Waals surface area (Å²) < 4.78 is 0. The Hall–Kier alpha value is 0.0600. The fourth-order valence-electron chi connectivity index (χ4n) is 0.769. The first-order valence-electron chi connectivity index (χ1n) is 2.88. The van der Waals surface area contributed by atoms with Gasteiger partial charge in [-0.05, 0) is 19.4 Å². The van der Waals surface area contributed by atoms with E-state index in [-0.39, 0.29) is 5.38 Å². The minimum Gasteiger partial charge on any atom is -0.117 e. The maximum Gasteiger partial charge on any atom is 0.0726 e. The van der Waals surface area contributed by atoms with E-state index in [4.69, 9.17) is 23.2 Å². The highest BCUT2D eigenvalue weighted by Gasteiger charge is 2.10. The molecule has 0 aromatic heterocycles. The molecular formula is C7H8Cl2. The van der Waals surface area contributed by atoms with Gasteiger partial charge in [-0.2, -0.15) is 0 Å². The Morgan fingerprint density at radius 3 is 2.78 bits per heavy atom. The fourth-order valence-corrected chi connectivity index (χ4v) is 1.18. The number of halogens is 2. The van der Waals surface area contributed by atoms with Crippen LogP contribution in [-0.2, 0) is 0 Å². The summed E-state index contributed by atoms with van der Waals surface area (Å²) in [5, 5.41) is 0.770. The van der Waals surface area contributed by atoms with Gasteiger partial charge < -0.3 is 0 Å². The number of hydrogen-bond donors (Lipinski definition) is 0. The highest BCUT2D eigenvalue weighted by atomic mass is 35.5. The second-order valence-electron chi connectivity index (χ2n) is 2.18.